The third-order valence-electron chi connectivity index (χ3n) is 4.31. The van der Waals surface area contributed by atoms with Crippen molar-refractivity contribution in [1.82, 2.24) is 9.62 Å². The van der Waals surface area contributed by atoms with E-state index in [1.165, 1.54) is 4.31 Å². The van der Waals surface area contributed by atoms with Crippen LogP contribution in [0.2, 0.25) is 0 Å². The predicted octanol–water partition coefficient (Wildman–Crippen LogP) is 2.22. The van der Waals surface area contributed by atoms with Crippen LogP contribution in [0.1, 0.15) is 24.8 Å². The molecule has 122 valence electrons. The Morgan fingerprint density at radius 3 is 2.32 bits per heavy atom. The van der Waals surface area contributed by atoms with Crippen LogP contribution in [0.25, 0.3) is 0 Å². The molecule has 0 aromatic heterocycles. The number of alkyl halides is 3. The van der Waals surface area contributed by atoms with Crippen molar-refractivity contribution in [2.24, 2.45) is 0 Å². The first kappa shape index (κ1) is 15.8. The largest absolute Gasteiger partial charge is 0.416 e. The SMILES string of the molecule is O=S(=O)(c1ccc(C(F)(F)F)cc1)N1CCC2CCC(C1)N2. The summed E-state index contributed by atoms with van der Waals surface area (Å²) in [6.07, 6.45) is -1.74. The van der Waals surface area contributed by atoms with Gasteiger partial charge in [0.2, 0.25) is 10.0 Å². The van der Waals surface area contributed by atoms with Crippen LogP contribution in [-0.2, 0) is 16.2 Å². The summed E-state index contributed by atoms with van der Waals surface area (Å²) in [6, 6.07) is 4.18. The molecule has 2 atom stereocenters. The number of sulfonamides is 1. The molecule has 0 aliphatic carbocycles. The maximum atomic E-state index is 12.6. The van der Waals surface area contributed by atoms with Gasteiger partial charge in [-0.15, -0.1) is 0 Å². The highest BCUT2D eigenvalue weighted by Gasteiger charge is 2.35. The van der Waals surface area contributed by atoms with Gasteiger partial charge in [0.25, 0.3) is 0 Å². The molecule has 2 aliphatic rings. The summed E-state index contributed by atoms with van der Waals surface area (Å²) in [5.41, 5.74) is -0.844. The fourth-order valence-electron chi connectivity index (χ4n) is 3.09. The molecule has 3 rings (SSSR count). The van der Waals surface area contributed by atoms with Crippen LogP contribution in [0.5, 0.6) is 0 Å². The molecule has 1 aromatic carbocycles. The van der Waals surface area contributed by atoms with Gasteiger partial charge in [0.05, 0.1) is 10.5 Å². The Balaban J connectivity index is 1.83. The van der Waals surface area contributed by atoms with Gasteiger partial charge in [-0.1, -0.05) is 0 Å². The Morgan fingerprint density at radius 2 is 1.68 bits per heavy atom. The molecule has 0 spiro atoms. The predicted molar refractivity (Wildman–Crippen MR) is 74.8 cm³/mol. The van der Waals surface area contributed by atoms with E-state index in [0.29, 0.717) is 19.1 Å². The van der Waals surface area contributed by atoms with E-state index in [2.05, 4.69) is 5.32 Å². The minimum atomic E-state index is -4.46. The molecule has 0 amide bonds. The van der Waals surface area contributed by atoms with Crippen molar-refractivity contribution in [1.29, 1.82) is 0 Å². The van der Waals surface area contributed by atoms with Gasteiger partial charge in [-0.2, -0.15) is 17.5 Å². The molecule has 2 fully saturated rings. The summed E-state index contributed by atoms with van der Waals surface area (Å²) in [4.78, 5) is -0.0849. The van der Waals surface area contributed by atoms with Gasteiger partial charge in [-0.05, 0) is 43.5 Å². The summed E-state index contributed by atoms with van der Waals surface area (Å²) in [6.45, 7) is 0.775. The maximum absolute atomic E-state index is 12.6. The summed E-state index contributed by atoms with van der Waals surface area (Å²) in [5.74, 6) is 0. The monoisotopic (exact) mass is 334 g/mol. The summed E-state index contributed by atoms with van der Waals surface area (Å²) < 4.78 is 64.2. The Morgan fingerprint density at radius 1 is 1.05 bits per heavy atom. The van der Waals surface area contributed by atoms with Gasteiger partial charge in [0.15, 0.2) is 0 Å². The third kappa shape index (κ3) is 3.00. The van der Waals surface area contributed by atoms with Gasteiger partial charge in [-0.25, -0.2) is 8.42 Å². The molecule has 2 aliphatic heterocycles. The van der Waals surface area contributed by atoms with E-state index in [1.54, 1.807) is 0 Å². The molecule has 4 nitrogen and oxygen atoms in total. The van der Waals surface area contributed by atoms with Gasteiger partial charge in [-0.3, -0.25) is 0 Å². The van der Waals surface area contributed by atoms with E-state index >= 15 is 0 Å². The third-order valence-corrected chi connectivity index (χ3v) is 6.18. The first-order chi connectivity index (χ1) is 10.3. The smallest absolute Gasteiger partial charge is 0.310 e. The number of rotatable bonds is 2. The van der Waals surface area contributed by atoms with E-state index in [1.807, 2.05) is 0 Å². The van der Waals surface area contributed by atoms with Gasteiger partial charge in [0, 0.05) is 25.2 Å². The minimum absolute atomic E-state index is 0.0849. The molecular weight excluding hydrogens is 317 g/mol. The van der Waals surface area contributed by atoms with Crippen LogP contribution in [0, 0.1) is 0 Å². The molecule has 2 unspecified atom stereocenters. The average Bonchev–Trinajstić information content (AvgIpc) is 2.77. The molecule has 1 N–H and O–H groups in total. The first-order valence-corrected chi connectivity index (χ1v) is 8.64. The van der Waals surface area contributed by atoms with Crippen molar-refractivity contribution >= 4 is 10.0 Å². The van der Waals surface area contributed by atoms with Gasteiger partial charge >= 0.3 is 6.18 Å². The quantitative estimate of drug-likeness (QED) is 0.902. The van der Waals surface area contributed by atoms with E-state index in [0.717, 1.165) is 43.5 Å². The molecule has 1 aromatic rings. The fraction of sp³-hybridized carbons (Fsp3) is 0.571. The standard InChI is InChI=1S/C14H17F3N2O2S/c15-14(16,17)10-1-5-13(6-2-10)22(20,21)19-8-7-11-3-4-12(9-19)18-11/h1-2,5-6,11-12,18H,3-4,7-9H2. The van der Waals surface area contributed by atoms with Crippen LogP contribution >= 0.6 is 0 Å². The van der Waals surface area contributed by atoms with Crippen molar-refractivity contribution in [3.8, 4) is 0 Å². The number of benzene rings is 1. The van der Waals surface area contributed by atoms with Crippen LogP contribution in [0.3, 0.4) is 0 Å². The van der Waals surface area contributed by atoms with Crippen LogP contribution in [0.15, 0.2) is 29.2 Å². The van der Waals surface area contributed by atoms with Gasteiger partial charge in [0.1, 0.15) is 0 Å². The normalized spacial score (nSPS) is 26.9. The van der Waals surface area contributed by atoms with Crippen molar-refractivity contribution in [2.45, 2.75) is 42.4 Å². The Labute approximate surface area is 127 Å². The molecular formula is C14H17F3N2O2S. The second-order valence-electron chi connectivity index (χ2n) is 5.81. The highest BCUT2D eigenvalue weighted by Crippen LogP contribution is 2.31. The van der Waals surface area contributed by atoms with Crippen LogP contribution in [0.4, 0.5) is 13.2 Å². The number of nitrogens with zero attached hydrogens (tertiary/aromatic N) is 1. The minimum Gasteiger partial charge on any atom is -0.310 e. The zero-order chi connectivity index (χ0) is 16.0. The van der Waals surface area contributed by atoms with E-state index in [-0.39, 0.29) is 10.9 Å². The lowest BCUT2D eigenvalue weighted by atomic mass is 10.1. The van der Waals surface area contributed by atoms with Crippen LogP contribution in [-0.4, -0.2) is 37.9 Å². The summed E-state index contributed by atoms with van der Waals surface area (Å²) in [5, 5.41) is 3.38. The van der Waals surface area contributed by atoms with Crippen molar-refractivity contribution < 1.29 is 21.6 Å². The number of nitrogens with one attached hydrogen (secondary N) is 1. The van der Waals surface area contributed by atoms with Crippen molar-refractivity contribution in [3.05, 3.63) is 29.8 Å². The molecule has 2 bridgehead atoms. The first-order valence-electron chi connectivity index (χ1n) is 7.20. The topological polar surface area (TPSA) is 49.4 Å². The maximum Gasteiger partial charge on any atom is 0.416 e. The zero-order valence-corrected chi connectivity index (χ0v) is 12.6. The lowest BCUT2D eigenvalue weighted by molar-refractivity contribution is -0.137. The van der Waals surface area contributed by atoms with Crippen LogP contribution < -0.4 is 5.32 Å². The summed E-state index contributed by atoms with van der Waals surface area (Å²) in [7, 11) is -3.74. The van der Waals surface area contributed by atoms with Crippen molar-refractivity contribution in [3.63, 3.8) is 0 Å². The van der Waals surface area contributed by atoms with E-state index < -0.39 is 21.8 Å². The highest BCUT2D eigenvalue weighted by atomic mass is 32.2. The molecule has 2 saturated heterocycles. The van der Waals surface area contributed by atoms with Crippen molar-refractivity contribution in [2.75, 3.05) is 13.1 Å². The Kier molecular flexibility index (Phi) is 3.94. The molecule has 0 saturated carbocycles. The zero-order valence-electron chi connectivity index (χ0n) is 11.8. The molecule has 8 heteroatoms. The lowest BCUT2D eigenvalue weighted by Crippen LogP contribution is -2.39. The van der Waals surface area contributed by atoms with Gasteiger partial charge < -0.3 is 5.32 Å². The average molecular weight is 334 g/mol. The second kappa shape index (κ2) is 5.50. The molecule has 0 radical (unpaired) electrons. The summed E-state index contributed by atoms with van der Waals surface area (Å²) >= 11 is 0. The Bertz CT molecular complexity index is 643. The van der Waals surface area contributed by atoms with E-state index in [9.17, 15) is 21.6 Å². The van der Waals surface area contributed by atoms with E-state index in [4.69, 9.17) is 0 Å². The number of hydrogen-bond donors (Lipinski definition) is 1. The number of halogens is 3. The number of hydrogen-bond acceptors (Lipinski definition) is 3. The lowest BCUT2D eigenvalue weighted by Gasteiger charge is -2.23. The molecule has 2 heterocycles. The fourth-order valence-corrected chi connectivity index (χ4v) is 4.59. The molecule has 22 heavy (non-hydrogen) atoms. The Hall–Kier alpha value is -1.12. The highest BCUT2D eigenvalue weighted by molar-refractivity contribution is 7.89. The number of fused-ring (bicyclic) bond motifs is 2. The second-order valence-corrected chi connectivity index (χ2v) is 7.75.